The van der Waals surface area contributed by atoms with Gasteiger partial charge in [0.1, 0.15) is 12.4 Å². The molecule has 0 aliphatic heterocycles. The fourth-order valence-corrected chi connectivity index (χ4v) is 1.82. The average Bonchev–Trinajstić information content (AvgIpc) is 2.53. The van der Waals surface area contributed by atoms with Gasteiger partial charge in [0.2, 0.25) is 0 Å². The van der Waals surface area contributed by atoms with Crippen LogP contribution in [0.4, 0.5) is 0 Å². The molecule has 2 aromatic carbocycles. The second kappa shape index (κ2) is 6.89. The minimum atomic E-state index is 0.0569. The fraction of sp³-hybridized carbons (Fsp3) is 0.176. The van der Waals surface area contributed by atoms with Crippen molar-refractivity contribution in [2.75, 3.05) is 0 Å². The minimum Gasteiger partial charge on any atom is -0.489 e. The zero-order valence-corrected chi connectivity index (χ0v) is 11.4. The normalized spacial score (nSPS) is 10.3. The number of nitrogens with two attached hydrogens (primary N) is 1. The first-order valence-corrected chi connectivity index (χ1v) is 6.52. The van der Waals surface area contributed by atoms with Gasteiger partial charge in [0, 0.05) is 12.1 Å². The van der Waals surface area contributed by atoms with Crippen LogP contribution in [0.25, 0.3) is 5.76 Å². The molecule has 0 heterocycles. The summed E-state index contributed by atoms with van der Waals surface area (Å²) in [6, 6.07) is 15.5. The maximum atomic E-state index is 8.98. The van der Waals surface area contributed by atoms with Crippen LogP contribution in [0, 0.1) is 0 Å². The second-order valence-electron chi connectivity index (χ2n) is 4.59. The van der Waals surface area contributed by atoms with Crippen LogP contribution in [-0.4, -0.2) is 5.11 Å². The zero-order chi connectivity index (χ0) is 14.4. The Balaban J connectivity index is 1.93. The highest BCUT2D eigenvalue weighted by Gasteiger charge is 2.01. The van der Waals surface area contributed by atoms with Gasteiger partial charge in [-0.1, -0.05) is 55.1 Å². The first-order valence-electron chi connectivity index (χ1n) is 6.52. The molecule has 0 aromatic heterocycles. The predicted molar refractivity (Wildman–Crippen MR) is 80.5 cm³/mol. The van der Waals surface area contributed by atoms with Crippen molar-refractivity contribution < 1.29 is 9.84 Å². The van der Waals surface area contributed by atoms with E-state index in [9.17, 15) is 0 Å². The van der Waals surface area contributed by atoms with E-state index in [1.807, 2.05) is 48.5 Å². The molecule has 0 radical (unpaired) electrons. The lowest BCUT2D eigenvalue weighted by Gasteiger charge is -2.10. The van der Waals surface area contributed by atoms with Gasteiger partial charge in [0.05, 0.1) is 6.61 Å². The molecule has 0 fully saturated rings. The Labute approximate surface area is 119 Å². The fourth-order valence-electron chi connectivity index (χ4n) is 1.82. The van der Waals surface area contributed by atoms with E-state index in [4.69, 9.17) is 15.6 Å². The first-order chi connectivity index (χ1) is 9.72. The molecule has 0 saturated carbocycles. The van der Waals surface area contributed by atoms with Gasteiger partial charge >= 0.3 is 0 Å². The molecule has 2 aromatic rings. The summed E-state index contributed by atoms with van der Waals surface area (Å²) in [5.74, 6) is 0.639. The number of aliphatic hydroxyl groups excluding tert-OH is 1. The first kappa shape index (κ1) is 14.3. The van der Waals surface area contributed by atoms with Crippen molar-refractivity contribution in [3.05, 3.63) is 77.4 Å². The molecular formula is C17H19NO2. The maximum Gasteiger partial charge on any atom is 0.119 e. The number of hydrogen-bond donors (Lipinski definition) is 2. The van der Waals surface area contributed by atoms with Gasteiger partial charge in [-0.3, -0.25) is 0 Å². The molecule has 20 heavy (non-hydrogen) atoms. The van der Waals surface area contributed by atoms with Crippen LogP contribution in [0.2, 0.25) is 0 Å². The highest BCUT2D eigenvalue weighted by atomic mass is 16.5. The van der Waals surface area contributed by atoms with Crippen molar-refractivity contribution in [2.24, 2.45) is 5.73 Å². The molecule has 3 nitrogen and oxygen atoms in total. The van der Waals surface area contributed by atoms with Gasteiger partial charge in [-0.25, -0.2) is 0 Å². The largest absolute Gasteiger partial charge is 0.489 e. The van der Waals surface area contributed by atoms with E-state index in [0.29, 0.717) is 18.9 Å². The third-order valence-electron chi connectivity index (χ3n) is 3.13. The summed E-state index contributed by atoms with van der Waals surface area (Å²) >= 11 is 0. The van der Waals surface area contributed by atoms with Gasteiger partial charge in [-0.15, -0.1) is 0 Å². The lowest BCUT2D eigenvalue weighted by molar-refractivity contribution is 0.264. The van der Waals surface area contributed by atoms with Crippen molar-refractivity contribution in [3.8, 4) is 0 Å². The van der Waals surface area contributed by atoms with Crippen molar-refractivity contribution in [1.29, 1.82) is 0 Å². The van der Waals surface area contributed by atoms with Crippen LogP contribution in [-0.2, 0) is 24.5 Å². The molecule has 0 unspecified atom stereocenters. The van der Waals surface area contributed by atoms with Crippen molar-refractivity contribution >= 4 is 5.76 Å². The summed E-state index contributed by atoms with van der Waals surface area (Å²) in [6.45, 7) is 4.99. The average molecular weight is 269 g/mol. The number of benzene rings is 2. The molecule has 0 bridgehead atoms. The van der Waals surface area contributed by atoms with Crippen LogP contribution >= 0.6 is 0 Å². The molecule has 0 amide bonds. The topological polar surface area (TPSA) is 55.5 Å². The quantitative estimate of drug-likeness (QED) is 0.793. The van der Waals surface area contributed by atoms with Gasteiger partial charge in [-0.2, -0.15) is 0 Å². The molecule has 3 N–H and O–H groups in total. The molecule has 104 valence electrons. The second-order valence-corrected chi connectivity index (χ2v) is 4.59. The number of aliphatic hydroxyl groups is 1. The smallest absolute Gasteiger partial charge is 0.119 e. The summed E-state index contributed by atoms with van der Waals surface area (Å²) in [5, 5.41) is 8.98. The minimum absolute atomic E-state index is 0.0569. The van der Waals surface area contributed by atoms with Crippen molar-refractivity contribution in [1.82, 2.24) is 0 Å². The number of ether oxygens (including phenoxy) is 1. The van der Waals surface area contributed by atoms with Gasteiger partial charge in [0.25, 0.3) is 0 Å². The van der Waals surface area contributed by atoms with Crippen LogP contribution in [0.5, 0.6) is 0 Å². The van der Waals surface area contributed by atoms with Crippen LogP contribution in [0.1, 0.15) is 22.3 Å². The third-order valence-corrected chi connectivity index (χ3v) is 3.13. The van der Waals surface area contributed by atoms with E-state index >= 15 is 0 Å². The summed E-state index contributed by atoms with van der Waals surface area (Å²) in [5.41, 5.74) is 9.54. The summed E-state index contributed by atoms with van der Waals surface area (Å²) in [7, 11) is 0. The molecule has 0 aliphatic rings. The van der Waals surface area contributed by atoms with E-state index in [-0.39, 0.29) is 6.61 Å². The maximum absolute atomic E-state index is 8.98. The molecule has 3 heteroatoms. The molecule has 2 rings (SSSR count). The van der Waals surface area contributed by atoms with E-state index < -0.39 is 0 Å². The predicted octanol–water partition coefficient (Wildman–Crippen LogP) is 2.83. The lowest BCUT2D eigenvalue weighted by Crippen LogP contribution is -1.97. The third kappa shape index (κ3) is 3.70. The summed E-state index contributed by atoms with van der Waals surface area (Å²) in [6.07, 6.45) is 0. The van der Waals surface area contributed by atoms with Gasteiger partial charge in [-0.05, 0) is 16.7 Å². The Kier molecular flexibility index (Phi) is 4.93. The van der Waals surface area contributed by atoms with E-state index in [1.165, 1.54) is 0 Å². The van der Waals surface area contributed by atoms with Gasteiger partial charge in [0.15, 0.2) is 0 Å². The lowest BCUT2D eigenvalue weighted by atomic mass is 10.1. The SMILES string of the molecule is C=C(OCc1ccc(CO)cc1)c1ccc(CN)cc1. The Bertz CT molecular complexity index is 559. The van der Waals surface area contributed by atoms with E-state index in [0.717, 1.165) is 22.3 Å². The molecular weight excluding hydrogens is 250 g/mol. The summed E-state index contributed by atoms with van der Waals surface area (Å²) < 4.78 is 5.67. The van der Waals surface area contributed by atoms with Crippen LogP contribution < -0.4 is 5.73 Å². The number of rotatable bonds is 6. The van der Waals surface area contributed by atoms with Crippen LogP contribution in [0.3, 0.4) is 0 Å². The molecule has 0 aliphatic carbocycles. The highest BCUT2D eigenvalue weighted by molar-refractivity contribution is 5.57. The van der Waals surface area contributed by atoms with E-state index in [1.54, 1.807) is 0 Å². The monoisotopic (exact) mass is 269 g/mol. The Morgan fingerprint density at radius 1 is 0.950 bits per heavy atom. The number of hydrogen-bond acceptors (Lipinski definition) is 3. The summed E-state index contributed by atoms with van der Waals surface area (Å²) in [4.78, 5) is 0. The Morgan fingerprint density at radius 2 is 1.50 bits per heavy atom. The van der Waals surface area contributed by atoms with Crippen molar-refractivity contribution in [2.45, 2.75) is 19.8 Å². The Morgan fingerprint density at radius 3 is 2.05 bits per heavy atom. The molecule has 0 spiro atoms. The van der Waals surface area contributed by atoms with E-state index in [2.05, 4.69) is 6.58 Å². The molecule has 0 saturated heterocycles. The molecule has 0 atom stereocenters. The van der Waals surface area contributed by atoms with Crippen LogP contribution in [0.15, 0.2) is 55.1 Å². The van der Waals surface area contributed by atoms with Crippen molar-refractivity contribution in [3.63, 3.8) is 0 Å². The highest BCUT2D eigenvalue weighted by Crippen LogP contribution is 2.17. The Hall–Kier alpha value is -2.10. The zero-order valence-electron chi connectivity index (χ0n) is 11.4. The standard InChI is InChI=1S/C17H19NO2/c1-13(17-8-6-14(10-18)7-9-17)20-12-16-4-2-15(11-19)3-5-16/h2-9,19H,1,10-12,18H2. The van der Waals surface area contributed by atoms with Gasteiger partial charge < -0.3 is 15.6 Å².